The minimum atomic E-state index is 0.0443. The Morgan fingerprint density at radius 2 is 2.26 bits per heavy atom. The third-order valence-electron chi connectivity index (χ3n) is 2.92. The molecule has 0 aliphatic rings. The van der Waals surface area contributed by atoms with Crippen LogP contribution in [-0.2, 0) is 11.2 Å². The van der Waals surface area contributed by atoms with Gasteiger partial charge in [-0.15, -0.1) is 0 Å². The van der Waals surface area contributed by atoms with Gasteiger partial charge in [-0.25, -0.2) is 0 Å². The number of carbonyl (C=O) groups is 1. The van der Waals surface area contributed by atoms with Crippen LogP contribution in [0, 0.1) is 6.92 Å². The predicted molar refractivity (Wildman–Crippen MR) is 72.5 cm³/mol. The van der Waals surface area contributed by atoms with Crippen LogP contribution in [-0.4, -0.2) is 28.6 Å². The second-order valence-electron chi connectivity index (χ2n) is 4.73. The second kappa shape index (κ2) is 8.63. The number of unbranched alkanes of at least 4 members (excludes halogenated alkanes) is 1. The molecule has 6 nitrogen and oxygen atoms in total. The highest BCUT2D eigenvalue weighted by molar-refractivity contribution is 5.76. The standard InChI is InChI=1S/C13H24N4O2/c1-3-4-6-11(9-14)16-12(18)7-5-8-13-15-10(2)17-19-13/h11H,3-9,14H2,1-2H3,(H,16,18). The Kier molecular flexibility index (Phi) is 7.10. The number of nitrogens with zero attached hydrogens (tertiary/aromatic N) is 2. The van der Waals surface area contributed by atoms with Gasteiger partial charge in [-0.2, -0.15) is 4.98 Å². The highest BCUT2D eigenvalue weighted by Gasteiger charge is 2.10. The summed E-state index contributed by atoms with van der Waals surface area (Å²) in [4.78, 5) is 15.8. The van der Waals surface area contributed by atoms with E-state index in [2.05, 4.69) is 22.4 Å². The van der Waals surface area contributed by atoms with Crippen LogP contribution in [0.15, 0.2) is 4.52 Å². The van der Waals surface area contributed by atoms with Gasteiger partial charge in [-0.05, 0) is 19.8 Å². The van der Waals surface area contributed by atoms with Crippen molar-refractivity contribution in [1.29, 1.82) is 0 Å². The molecule has 0 aromatic carbocycles. The van der Waals surface area contributed by atoms with Crippen LogP contribution < -0.4 is 11.1 Å². The van der Waals surface area contributed by atoms with Gasteiger partial charge in [0.2, 0.25) is 11.8 Å². The molecule has 0 aliphatic heterocycles. The molecule has 0 saturated heterocycles. The van der Waals surface area contributed by atoms with Crippen molar-refractivity contribution in [2.45, 2.75) is 58.4 Å². The average molecular weight is 268 g/mol. The molecule has 0 aliphatic carbocycles. The summed E-state index contributed by atoms with van der Waals surface area (Å²) in [5.41, 5.74) is 5.64. The molecule has 0 radical (unpaired) electrons. The number of rotatable bonds is 9. The van der Waals surface area contributed by atoms with Crippen molar-refractivity contribution in [3.8, 4) is 0 Å². The van der Waals surface area contributed by atoms with Gasteiger partial charge in [0.05, 0.1) is 0 Å². The summed E-state index contributed by atoms with van der Waals surface area (Å²) in [6, 6.07) is 0.0955. The maximum absolute atomic E-state index is 11.7. The summed E-state index contributed by atoms with van der Waals surface area (Å²) < 4.78 is 4.99. The zero-order valence-electron chi connectivity index (χ0n) is 11.8. The zero-order chi connectivity index (χ0) is 14.1. The van der Waals surface area contributed by atoms with Crippen LogP contribution in [0.5, 0.6) is 0 Å². The van der Waals surface area contributed by atoms with E-state index in [1.807, 2.05) is 0 Å². The molecule has 1 heterocycles. The van der Waals surface area contributed by atoms with Crippen molar-refractivity contribution in [2.75, 3.05) is 6.54 Å². The van der Waals surface area contributed by atoms with Gasteiger partial charge < -0.3 is 15.6 Å². The first-order chi connectivity index (χ1) is 9.15. The van der Waals surface area contributed by atoms with E-state index in [0.29, 0.717) is 37.5 Å². The van der Waals surface area contributed by atoms with Crippen molar-refractivity contribution in [3.05, 3.63) is 11.7 Å². The van der Waals surface area contributed by atoms with E-state index < -0.39 is 0 Å². The monoisotopic (exact) mass is 268 g/mol. The van der Waals surface area contributed by atoms with Crippen LogP contribution in [0.25, 0.3) is 0 Å². The molecule has 1 atom stereocenters. The summed E-state index contributed by atoms with van der Waals surface area (Å²) in [5, 5.41) is 6.67. The Bertz CT molecular complexity index is 378. The van der Waals surface area contributed by atoms with Crippen LogP contribution in [0.4, 0.5) is 0 Å². The summed E-state index contributed by atoms with van der Waals surface area (Å²) in [5.74, 6) is 1.26. The quantitative estimate of drug-likeness (QED) is 0.704. The van der Waals surface area contributed by atoms with Gasteiger partial charge in [-0.3, -0.25) is 4.79 Å². The van der Waals surface area contributed by atoms with Gasteiger partial charge in [0.25, 0.3) is 0 Å². The lowest BCUT2D eigenvalue weighted by atomic mass is 10.1. The maximum atomic E-state index is 11.7. The summed E-state index contributed by atoms with van der Waals surface area (Å²) in [6.45, 7) is 4.40. The normalized spacial score (nSPS) is 12.4. The number of hydrogen-bond acceptors (Lipinski definition) is 5. The number of aryl methyl sites for hydroxylation is 2. The topological polar surface area (TPSA) is 94.0 Å². The van der Waals surface area contributed by atoms with E-state index >= 15 is 0 Å². The van der Waals surface area contributed by atoms with Crippen molar-refractivity contribution in [2.24, 2.45) is 5.73 Å². The van der Waals surface area contributed by atoms with E-state index in [1.165, 1.54) is 0 Å². The van der Waals surface area contributed by atoms with Crippen LogP contribution in [0.3, 0.4) is 0 Å². The molecule has 1 rings (SSSR count). The molecule has 108 valence electrons. The Morgan fingerprint density at radius 1 is 1.47 bits per heavy atom. The molecular weight excluding hydrogens is 244 g/mol. The first-order valence-electron chi connectivity index (χ1n) is 6.94. The van der Waals surface area contributed by atoms with Gasteiger partial charge in [0, 0.05) is 25.4 Å². The maximum Gasteiger partial charge on any atom is 0.226 e. The molecule has 0 saturated carbocycles. The molecular formula is C13H24N4O2. The number of nitrogens with one attached hydrogen (secondary N) is 1. The fourth-order valence-electron chi connectivity index (χ4n) is 1.84. The zero-order valence-corrected chi connectivity index (χ0v) is 11.8. The number of aromatic nitrogens is 2. The Morgan fingerprint density at radius 3 is 2.84 bits per heavy atom. The molecule has 3 N–H and O–H groups in total. The molecule has 1 unspecified atom stereocenters. The fourth-order valence-corrected chi connectivity index (χ4v) is 1.84. The van der Waals surface area contributed by atoms with Crippen LogP contribution in [0.2, 0.25) is 0 Å². The van der Waals surface area contributed by atoms with Crippen molar-refractivity contribution in [1.82, 2.24) is 15.5 Å². The Balaban J connectivity index is 2.19. The molecule has 1 aromatic rings. The number of carbonyl (C=O) groups excluding carboxylic acids is 1. The lowest BCUT2D eigenvalue weighted by Crippen LogP contribution is -2.40. The molecule has 6 heteroatoms. The Hall–Kier alpha value is -1.43. The third kappa shape index (κ3) is 6.33. The average Bonchev–Trinajstić information content (AvgIpc) is 2.80. The minimum Gasteiger partial charge on any atom is -0.352 e. The first-order valence-corrected chi connectivity index (χ1v) is 6.94. The fraction of sp³-hybridized carbons (Fsp3) is 0.769. The molecule has 0 bridgehead atoms. The van der Waals surface area contributed by atoms with E-state index in [0.717, 1.165) is 19.3 Å². The van der Waals surface area contributed by atoms with Crippen LogP contribution in [0.1, 0.15) is 50.7 Å². The summed E-state index contributed by atoms with van der Waals surface area (Å²) in [6.07, 6.45) is 4.95. The molecule has 0 fully saturated rings. The van der Waals surface area contributed by atoms with E-state index in [9.17, 15) is 4.79 Å². The molecule has 0 spiro atoms. The van der Waals surface area contributed by atoms with Gasteiger partial charge >= 0.3 is 0 Å². The van der Waals surface area contributed by atoms with E-state index in [1.54, 1.807) is 6.92 Å². The largest absolute Gasteiger partial charge is 0.352 e. The van der Waals surface area contributed by atoms with Crippen molar-refractivity contribution >= 4 is 5.91 Å². The van der Waals surface area contributed by atoms with Crippen molar-refractivity contribution in [3.63, 3.8) is 0 Å². The summed E-state index contributed by atoms with van der Waals surface area (Å²) >= 11 is 0. The van der Waals surface area contributed by atoms with Gasteiger partial charge in [0.1, 0.15) is 0 Å². The number of hydrogen-bond donors (Lipinski definition) is 2. The van der Waals surface area contributed by atoms with Crippen molar-refractivity contribution < 1.29 is 9.32 Å². The predicted octanol–water partition coefficient (Wildman–Crippen LogP) is 1.33. The van der Waals surface area contributed by atoms with Gasteiger partial charge in [0.15, 0.2) is 5.82 Å². The lowest BCUT2D eigenvalue weighted by Gasteiger charge is -2.16. The second-order valence-corrected chi connectivity index (χ2v) is 4.73. The highest BCUT2D eigenvalue weighted by atomic mass is 16.5. The molecule has 19 heavy (non-hydrogen) atoms. The highest BCUT2D eigenvalue weighted by Crippen LogP contribution is 2.04. The minimum absolute atomic E-state index is 0.0443. The van der Waals surface area contributed by atoms with Crippen LogP contribution >= 0.6 is 0 Å². The van der Waals surface area contributed by atoms with E-state index in [4.69, 9.17) is 10.3 Å². The third-order valence-corrected chi connectivity index (χ3v) is 2.92. The first kappa shape index (κ1) is 15.6. The van der Waals surface area contributed by atoms with Gasteiger partial charge in [-0.1, -0.05) is 24.9 Å². The Labute approximate surface area is 114 Å². The molecule has 1 aromatic heterocycles. The lowest BCUT2D eigenvalue weighted by molar-refractivity contribution is -0.121. The smallest absolute Gasteiger partial charge is 0.226 e. The number of amides is 1. The SMILES string of the molecule is CCCCC(CN)NC(=O)CCCc1nc(C)no1. The number of nitrogens with two attached hydrogens (primary N) is 1. The molecule has 1 amide bonds. The van der Waals surface area contributed by atoms with E-state index in [-0.39, 0.29) is 11.9 Å². The summed E-state index contributed by atoms with van der Waals surface area (Å²) in [7, 11) is 0.